The molecular formula is C7H12O4. The maximum Gasteiger partial charge on any atom is 0.335 e. The lowest BCUT2D eigenvalue weighted by molar-refractivity contribution is -0.150. The first kappa shape index (κ1) is 10.1. The largest absolute Gasteiger partial charge is 0.479 e. The maximum atomic E-state index is 10.1. The predicted octanol–water partition coefficient (Wildman–Crippen LogP) is -0.241. The van der Waals surface area contributed by atoms with E-state index in [-0.39, 0.29) is 0 Å². The summed E-state index contributed by atoms with van der Waals surface area (Å²) in [4.78, 5) is 10.1. The van der Waals surface area contributed by atoms with Gasteiger partial charge in [-0.1, -0.05) is 11.6 Å². The monoisotopic (exact) mass is 160 g/mol. The number of aliphatic hydroxyl groups is 2. The first-order valence-electron chi connectivity index (χ1n) is 3.19. The van der Waals surface area contributed by atoms with E-state index in [2.05, 4.69) is 0 Å². The Kier molecular flexibility index (Phi) is 3.78. The minimum Gasteiger partial charge on any atom is -0.479 e. The van der Waals surface area contributed by atoms with Crippen molar-refractivity contribution in [3.05, 3.63) is 11.6 Å². The van der Waals surface area contributed by atoms with Gasteiger partial charge in [-0.15, -0.1) is 0 Å². The van der Waals surface area contributed by atoms with Crippen molar-refractivity contribution in [1.29, 1.82) is 0 Å². The van der Waals surface area contributed by atoms with Crippen molar-refractivity contribution >= 4 is 5.97 Å². The van der Waals surface area contributed by atoms with Crippen molar-refractivity contribution in [1.82, 2.24) is 0 Å². The van der Waals surface area contributed by atoms with Crippen LogP contribution in [0.1, 0.15) is 13.8 Å². The Bertz CT molecular complexity index is 169. The zero-order valence-electron chi connectivity index (χ0n) is 6.48. The van der Waals surface area contributed by atoms with Gasteiger partial charge in [0.1, 0.15) is 6.10 Å². The molecule has 0 radical (unpaired) electrons. The number of carboxylic acids is 1. The Balaban J connectivity index is 4.14. The molecule has 0 saturated heterocycles. The van der Waals surface area contributed by atoms with Crippen LogP contribution in [0.4, 0.5) is 0 Å². The highest BCUT2D eigenvalue weighted by Crippen LogP contribution is 1.99. The standard InChI is InChI=1S/C7H12O4/c1-4(2)3-5(8)6(9)7(10)11/h3,5-6,8-9H,1-2H3,(H,10,11)/t5-,6+/m1/s1. The number of allylic oxidation sites excluding steroid dienone is 1. The zero-order valence-corrected chi connectivity index (χ0v) is 6.48. The van der Waals surface area contributed by atoms with E-state index in [0.717, 1.165) is 5.57 Å². The summed E-state index contributed by atoms with van der Waals surface area (Å²) in [5.41, 5.74) is 0.762. The van der Waals surface area contributed by atoms with E-state index in [9.17, 15) is 4.79 Å². The molecule has 0 aromatic carbocycles. The topological polar surface area (TPSA) is 77.8 Å². The van der Waals surface area contributed by atoms with Gasteiger partial charge in [-0.2, -0.15) is 0 Å². The van der Waals surface area contributed by atoms with E-state index in [1.165, 1.54) is 6.08 Å². The summed E-state index contributed by atoms with van der Waals surface area (Å²) < 4.78 is 0. The Hall–Kier alpha value is -0.870. The average molecular weight is 160 g/mol. The molecule has 0 aliphatic heterocycles. The molecule has 0 aromatic heterocycles. The van der Waals surface area contributed by atoms with Crippen molar-refractivity contribution in [3.63, 3.8) is 0 Å². The smallest absolute Gasteiger partial charge is 0.335 e. The van der Waals surface area contributed by atoms with Crippen LogP contribution in [0.15, 0.2) is 11.6 Å². The highest BCUT2D eigenvalue weighted by Gasteiger charge is 2.20. The van der Waals surface area contributed by atoms with Crippen LogP contribution in [0.2, 0.25) is 0 Å². The first-order valence-corrected chi connectivity index (χ1v) is 3.19. The molecule has 0 unspecified atom stereocenters. The quantitative estimate of drug-likeness (QED) is 0.498. The normalized spacial score (nSPS) is 15.3. The van der Waals surface area contributed by atoms with Gasteiger partial charge in [0.05, 0.1) is 0 Å². The fraction of sp³-hybridized carbons (Fsp3) is 0.571. The minimum absolute atomic E-state index is 0.762. The number of carbonyl (C=O) groups is 1. The molecule has 3 N–H and O–H groups in total. The van der Waals surface area contributed by atoms with E-state index in [1.807, 2.05) is 0 Å². The van der Waals surface area contributed by atoms with Gasteiger partial charge in [0.2, 0.25) is 0 Å². The van der Waals surface area contributed by atoms with Crippen molar-refractivity contribution in [3.8, 4) is 0 Å². The zero-order chi connectivity index (χ0) is 9.02. The second kappa shape index (κ2) is 4.10. The Morgan fingerprint density at radius 2 is 1.82 bits per heavy atom. The van der Waals surface area contributed by atoms with Crippen LogP contribution in [0.5, 0.6) is 0 Å². The summed E-state index contributed by atoms with van der Waals surface area (Å²) in [6, 6.07) is 0. The highest BCUT2D eigenvalue weighted by atomic mass is 16.4. The van der Waals surface area contributed by atoms with Crippen LogP contribution < -0.4 is 0 Å². The first-order chi connectivity index (χ1) is 4.95. The van der Waals surface area contributed by atoms with Crippen molar-refractivity contribution in [2.45, 2.75) is 26.1 Å². The van der Waals surface area contributed by atoms with Crippen LogP contribution in [0, 0.1) is 0 Å². The summed E-state index contributed by atoms with van der Waals surface area (Å²) >= 11 is 0. The predicted molar refractivity (Wildman–Crippen MR) is 39.1 cm³/mol. The molecule has 0 spiro atoms. The fourth-order valence-electron chi connectivity index (χ4n) is 0.579. The number of carboxylic acid groups (broad SMARTS) is 1. The minimum atomic E-state index is -1.73. The molecule has 64 valence electrons. The lowest BCUT2D eigenvalue weighted by Gasteiger charge is -2.09. The molecule has 0 amide bonds. The maximum absolute atomic E-state index is 10.1. The summed E-state index contributed by atoms with van der Waals surface area (Å²) in [5, 5.41) is 25.9. The van der Waals surface area contributed by atoms with Crippen LogP contribution in [0.3, 0.4) is 0 Å². The number of aliphatic hydroxyl groups excluding tert-OH is 2. The lowest BCUT2D eigenvalue weighted by atomic mass is 10.1. The van der Waals surface area contributed by atoms with E-state index in [4.69, 9.17) is 15.3 Å². The molecular weight excluding hydrogens is 148 g/mol. The molecule has 4 heteroatoms. The average Bonchev–Trinajstić information content (AvgIpc) is 1.84. The van der Waals surface area contributed by atoms with E-state index in [0.29, 0.717) is 0 Å². The SMILES string of the molecule is CC(C)=C[C@@H](O)[C@H](O)C(=O)O. The summed E-state index contributed by atoms with van der Waals surface area (Å²) in [6.45, 7) is 3.41. The van der Waals surface area contributed by atoms with Crippen molar-refractivity contribution < 1.29 is 20.1 Å². The van der Waals surface area contributed by atoms with Crippen LogP contribution in [-0.4, -0.2) is 33.5 Å². The summed E-state index contributed by atoms with van der Waals surface area (Å²) in [7, 11) is 0. The molecule has 11 heavy (non-hydrogen) atoms. The fourth-order valence-corrected chi connectivity index (χ4v) is 0.579. The second-order valence-electron chi connectivity index (χ2n) is 2.52. The molecule has 0 aromatic rings. The molecule has 0 aliphatic rings. The third-order valence-electron chi connectivity index (χ3n) is 1.08. The van der Waals surface area contributed by atoms with Crippen molar-refractivity contribution in [2.75, 3.05) is 0 Å². The van der Waals surface area contributed by atoms with Crippen LogP contribution >= 0.6 is 0 Å². The second-order valence-corrected chi connectivity index (χ2v) is 2.52. The van der Waals surface area contributed by atoms with Gasteiger partial charge in [-0.3, -0.25) is 0 Å². The van der Waals surface area contributed by atoms with Gasteiger partial charge >= 0.3 is 5.97 Å². The molecule has 4 nitrogen and oxygen atoms in total. The van der Waals surface area contributed by atoms with E-state index >= 15 is 0 Å². The molecule has 0 fully saturated rings. The molecule has 0 heterocycles. The summed E-state index contributed by atoms with van der Waals surface area (Å²) in [5.74, 6) is -1.42. The number of aliphatic carboxylic acids is 1. The van der Waals surface area contributed by atoms with E-state index in [1.54, 1.807) is 13.8 Å². The number of rotatable bonds is 3. The lowest BCUT2D eigenvalue weighted by Crippen LogP contribution is -2.32. The Morgan fingerprint density at radius 1 is 1.36 bits per heavy atom. The van der Waals surface area contributed by atoms with Crippen LogP contribution in [0.25, 0.3) is 0 Å². The van der Waals surface area contributed by atoms with E-state index < -0.39 is 18.2 Å². The highest BCUT2D eigenvalue weighted by molar-refractivity contribution is 5.73. The third kappa shape index (κ3) is 3.75. The van der Waals surface area contributed by atoms with Gasteiger partial charge in [0, 0.05) is 0 Å². The van der Waals surface area contributed by atoms with Crippen LogP contribution in [-0.2, 0) is 4.79 Å². The van der Waals surface area contributed by atoms with Gasteiger partial charge in [0.15, 0.2) is 6.10 Å². The van der Waals surface area contributed by atoms with Gasteiger partial charge in [0.25, 0.3) is 0 Å². The molecule has 0 rings (SSSR count). The number of hydrogen-bond acceptors (Lipinski definition) is 3. The van der Waals surface area contributed by atoms with Gasteiger partial charge < -0.3 is 15.3 Å². The molecule has 0 aliphatic carbocycles. The molecule has 0 bridgehead atoms. The molecule has 2 atom stereocenters. The van der Waals surface area contributed by atoms with Gasteiger partial charge in [-0.05, 0) is 13.8 Å². The van der Waals surface area contributed by atoms with Crippen molar-refractivity contribution in [2.24, 2.45) is 0 Å². The Labute approximate surface area is 64.8 Å². The third-order valence-corrected chi connectivity index (χ3v) is 1.08. The molecule has 0 saturated carbocycles. The Morgan fingerprint density at radius 3 is 2.09 bits per heavy atom. The summed E-state index contributed by atoms with van der Waals surface area (Å²) in [6.07, 6.45) is -1.76. The number of hydrogen-bond donors (Lipinski definition) is 3. The van der Waals surface area contributed by atoms with Gasteiger partial charge in [-0.25, -0.2) is 4.79 Å².